The fraction of sp³-hybridized carbons (Fsp3) is 0.923. The first-order valence-electron chi connectivity index (χ1n) is 6.46. The Bertz CT molecular complexity index is 232. The van der Waals surface area contributed by atoms with E-state index in [2.05, 4.69) is 12.2 Å². The lowest BCUT2D eigenvalue weighted by Gasteiger charge is -2.39. The first-order valence-corrected chi connectivity index (χ1v) is 6.46. The van der Waals surface area contributed by atoms with Gasteiger partial charge in [0, 0.05) is 5.92 Å². The van der Waals surface area contributed by atoms with E-state index in [-0.39, 0.29) is 24.0 Å². The Morgan fingerprint density at radius 2 is 2.06 bits per heavy atom. The summed E-state index contributed by atoms with van der Waals surface area (Å²) in [5.41, 5.74) is -0.340. The highest BCUT2D eigenvalue weighted by Crippen LogP contribution is 2.31. The van der Waals surface area contributed by atoms with Crippen molar-refractivity contribution in [3.63, 3.8) is 0 Å². The zero-order valence-corrected chi connectivity index (χ0v) is 10.8. The summed E-state index contributed by atoms with van der Waals surface area (Å²) in [5.74, 6) is 0.856. The van der Waals surface area contributed by atoms with E-state index in [4.69, 9.17) is 0 Å². The van der Waals surface area contributed by atoms with E-state index in [0.29, 0.717) is 0 Å². The van der Waals surface area contributed by atoms with Gasteiger partial charge in [0.15, 0.2) is 0 Å². The molecule has 1 unspecified atom stereocenters. The monoisotopic (exact) mass is 227 g/mol. The Hall–Kier alpha value is -0.570. The molecule has 3 nitrogen and oxygen atoms in total. The standard InChI is InChI=1S/C13H25NO2/c1-4-11(3)12(16)14-13(9-15)7-5-10(2)6-8-13/h10-11,15H,4-9H2,1-3H3,(H,14,16). The second-order valence-corrected chi connectivity index (χ2v) is 5.42. The van der Waals surface area contributed by atoms with Crippen LogP contribution in [0.2, 0.25) is 0 Å². The molecule has 0 aromatic carbocycles. The minimum absolute atomic E-state index is 0.0442. The number of hydrogen-bond donors (Lipinski definition) is 2. The molecule has 1 amide bonds. The molecule has 0 radical (unpaired) electrons. The van der Waals surface area contributed by atoms with Gasteiger partial charge in [0.1, 0.15) is 0 Å². The van der Waals surface area contributed by atoms with Crippen LogP contribution in [0, 0.1) is 11.8 Å². The van der Waals surface area contributed by atoms with Crippen LogP contribution >= 0.6 is 0 Å². The zero-order valence-electron chi connectivity index (χ0n) is 10.8. The molecule has 1 atom stereocenters. The van der Waals surface area contributed by atoms with E-state index in [1.807, 2.05) is 13.8 Å². The smallest absolute Gasteiger partial charge is 0.223 e. The van der Waals surface area contributed by atoms with Crippen LogP contribution in [0.25, 0.3) is 0 Å². The highest BCUT2D eigenvalue weighted by Gasteiger charge is 2.35. The summed E-state index contributed by atoms with van der Waals surface area (Å²) < 4.78 is 0. The topological polar surface area (TPSA) is 49.3 Å². The number of aliphatic hydroxyl groups is 1. The van der Waals surface area contributed by atoms with E-state index in [1.54, 1.807) is 0 Å². The molecule has 16 heavy (non-hydrogen) atoms. The molecule has 0 spiro atoms. The van der Waals surface area contributed by atoms with E-state index < -0.39 is 0 Å². The molecule has 1 saturated carbocycles. The SMILES string of the molecule is CCC(C)C(=O)NC1(CO)CCC(C)CC1. The van der Waals surface area contributed by atoms with Crippen molar-refractivity contribution in [3.8, 4) is 0 Å². The van der Waals surface area contributed by atoms with Gasteiger partial charge in [0.05, 0.1) is 12.1 Å². The number of rotatable bonds is 4. The van der Waals surface area contributed by atoms with Gasteiger partial charge in [-0.25, -0.2) is 0 Å². The van der Waals surface area contributed by atoms with E-state index in [1.165, 1.54) is 0 Å². The first kappa shape index (κ1) is 13.5. The van der Waals surface area contributed by atoms with Crippen LogP contribution in [0.1, 0.15) is 52.9 Å². The number of amides is 1. The molecule has 1 aliphatic carbocycles. The predicted molar refractivity (Wildman–Crippen MR) is 65.0 cm³/mol. The van der Waals surface area contributed by atoms with Crippen LogP contribution in [-0.4, -0.2) is 23.2 Å². The van der Waals surface area contributed by atoms with Gasteiger partial charge in [0.25, 0.3) is 0 Å². The first-order chi connectivity index (χ1) is 7.53. The number of nitrogens with one attached hydrogen (secondary N) is 1. The molecular formula is C13H25NO2. The maximum absolute atomic E-state index is 11.9. The summed E-state index contributed by atoms with van der Waals surface area (Å²) in [6.07, 6.45) is 4.87. The minimum Gasteiger partial charge on any atom is -0.394 e. The number of carbonyl (C=O) groups is 1. The molecule has 0 aromatic rings. The van der Waals surface area contributed by atoms with Gasteiger partial charge in [-0.3, -0.25) is 4.79 Å². The van der Waals surface area contributed by atoms with Crippen LogP contribution in [0.15, 0.2) is 0 Å². The number of aliphatic hydroxyl groups excluding tert-OH is 1. The van der Waals surface area contributed by atoms with Crippen LogP contribution in [-0.2, 0) is 4.79 Å². The predicted octanol–water partition coefficient (Wildman–Crippen LogP) is 2.09. The molecule has 0 bridgehead atoms. The van der Waals surface area contributed by atoms with Crippen molar-refractivity contribution in [1.82, 2.24) is 5.32 Å². The quantitative estimate of drug-likeness (QED) is 0.772. The van der Waals surface area contributed by atoms with Crippen molar-refractivity contribution in [2.45, 2.75) is 58.4 Å². The van der Waals surface area contributed by atoms with E-state index in [0.717, 1.165) is 38.0 Å². The third-order valence-electron chi connectivity index (χ3n) is 3.98. The minimum atomic E-state index is -0.340. The summed E-state index contributed by atoms with van der Waals surface area (Å²) in [5, 5.41) is 12.6. The lowest BCUT2D eigenvalue weighted by molar-refractivity contribution is -0.127. The Morgan fingerprint density at radius 3 is 2.50 bits per heavy atom. The average molecular weight is 227 g/mol. The molecule has 0 saturated heterocycles. The Kier molecular flexibility index (Phi) is 4.78. The molecule has 94 valence electrons. The van der Waals surface area contributed by atoms with Crippen molar-refractivity contribution in [2.75, 3.05) is 6.61 Å². The van der Waals surface area contributed by atoms with Crippen molar-refractivity contribution in [1.29, 1.82) is 0 Å². The molecule has 1 aliphatic rings. The van der Waals surface area contributed by atoms with E-state index >= 15 is 0 Å². The third kappa shape index (κ3) is 3.21. The molecule has 3 heteroatoms. The van der Waals surface area contributed by atoms with Crippen molar-refractivity contribution < 1.29 is 9.90 Å². The lowest BCUT2D eigenvalue weighted by Crippen LogP contribution is -2.54. The van der Waals surface area contributed by atoms with E-state index in [9.17, 15) is 9.90 Å². The maximum atomic E-state index is 11.9. The van der Waals surface area contributed by atoms with Crippen molar-refractivity contribution in [2.24, 2.45) is 11.8 Å². The number of hydrogen-bond acceptors (Lipinski definition) is 2. The van der Waals surface area contributed by atoms with Gasteiger partial charge >= 0.3 is 0 Å². The fourth-order valence-corrected chi connectivity index (χ4v) is 2.21. The van der Waals surface area contributed by atoms with Gasteiger partial charge in [-0.15, -0.1) is 0 Å². The van der Waals surface area contributed by atoms with Gasteiger partial charge in [-0.1, -0.05) is 20.8 Å². The average Bonchev–Trinajstić information content (AvgIpc) is 2.31. The summed E-state index contributed by atoms with van der Waals surface area (Å²) in [4.78, 5) is 11.9. The molecule has 1 rings (SSSR count). The molecule has 2 N–H and O–H groups in total. The van der Waals surface area contributed by atoms with Gasteiger partial charge < -0.3 is 10.4 Å². The second kappa shape index (κ2) is 5.67. The van der Waals surface area contributed by atoms with Crippen LogP contribution in [0.5, 0.6) is 0 Å². The van der Waals surface area contributed by atoms with Gasteiger partial charge in [0.2, 0.25) is 5.91 Å². The largest absolute Gasteiger partial charge is 0.394 e. The second-order valence-electron chi connectivity index (χ2n) is 5.42. The summed E-state index contributed by atoms with van der Waals surface area (Å²) in [6, 6.07) is 0. The highest BCUT2D eigenvalue weighted by atomic mass is 16.3. The summed E-state index contributed by atoms with van der Waals surface area (Å²) in [7, 11) is 0. The zero-order chi connectivity index (χ0) is 12.2. The fourth-order valence-electron chi connectivity index (χ4n) is 2.21. The molecule has 0 heterocycles. The lowest BCUT2D eigenvalue weighted by atomic mass is 9.77. The normalized spacial score (nSPS) is 32.1. The molecule has 0 aromatic heterocycles. The van der Waals surface area contributed by atoms with Crippen molar-refractivity contribution >= 4 is 5.91 Å². The molecular weight excluding hydrogens is 202 g/mol. The van der Waals surface area contributed by atoms with Crippen LogP contribution in [0.3, 0.4) is 0 Å². The third-order valence-corrected chi connectivity index (χ3v) is 3.98. The Morgan fingerprint density at radius 1 is 1.50 bits per heavy atom. The maximum Gasteiger partial charge on any atom is 0.223 e. The molecule has 0 aliphatic heterocycles. The summed E-state index contributed by atoms with van der Waals surface area (Å²) >= 11 is 0. The Labute approximate surface area is 98.6 Å². The number of carbonyl (C=O) groups excluding carboxylic acids is 1. The van der Waals surface area contributed by atoms with Gasteiger partial charge in [-0.05, 0) is 38.0 Å². The molecule has 1 fully saturated rings. The Balaban J connectivity index is 2.57. The van der Waals surface area contributed by atoms with Gasteiger partial charge in [-0.2, -0.15) is 0 Å². The highest BCUT2D eigenvalue weighted by molar-refractivity contribution is 5.79. The van der Waals surface area contributed by atoms with Crippen LogP contribution in [0.4, 0.5) is 0 Å². The van der Waals surface area contributed by atoms with Crippen molar-refractivity contribution in [3.05, 3.63) is 0 Å². The summed E-state index contributed by atoms with van der Waals surface area (Å²) in [6.45, 7) is 6.25. The van der Waals surface area contributed by atoms with Crippen LogP contribution < -0.4 is 5.32 Å².